The minimum absolute atomic E-state index is 0.115. The van der Waals surface area contributed by atoms with Crippen molar-refractivity contribution in [2.45, 2.75) is 17.2 Å². The van der Waals surface area contributed by atoms with E-state index in [1.165, 1.54) is 11.8 Å². The summed E-state index contributed by atoms with van der Waals surface area (Å²) in [6, 6.07) is 11.2. The van der Waals surface area contributed by atoms with Gasteiger partial charge in [0.1, 0.15) is 5.03 Å². The maximum absolute atomic E-state index is 12.3. The van der Waals surface area contributed by atoms with E-state index >= 15 is 0 Å². The Hall–Kier alpha value is -1.56. The number of ether oxygens (including phenoxy) is 1. The molecule has 0 unspecified atom stereocenters. The molecule has 2 rings (SSSR count). The predicted molar refractivity (Wildman–Crippen MR) is 94.1 cm³/mol. The highest BCUT2D eigenvalue weighted by molar-refractivity contribution is 7.98. The summed E-state index contributed by atoms with van der Waals surface area (Å²) in [6.07, 6.45) is 2.47. The first-order chi connectivity index (χ1) is 11.2. The third-order valence-electron chi connectivity index (χ3n) is 3.15. The first-order valence-electron chi connectivity index (χ1n) is 7.30. The van der Waals surface area contributed by atoms with Crippen LogP contribution in [0.15, 0.2) is 47.6 Å². The minimum atomic E-state index is -0.115. The SMILES string of the molecule is COCCCNC(=O)c1cccnc1SCc1ccccc1Cl. The molecule has 6 heteroatoms. The summed E-state index contributed by atoms with van der Waals surface area (Å²) in [7, 11) is 1.65. The fraction of sp³-hybridized carbons (Fsp3) is 0.294. The van der Waals surface area contributed by atoms with Gasteiger partial charge in [-0.3, -0.25) is 4.79 Å². The number of carbonyl (C=O) groups excluding carboxylic acids is 1. The van der Waals surface area contributed by atoms with Crippen LogP contribution in [0.2, 0.25) is 5.02 Å². The summed E-state index contributed by atoms with van der Waals surface area (Å²) >= 11 is 7.67. The van der Waals surface area contributed by atoms with Gasteiger partial charge in [0, 0.05) is 37.2 Å². The Morgan fingerprint density at radius 3 is 2.91 bits per heavy atom. The zero-order chi connectivity index (χ0) is 16.5. The van der Waals surface area contributed by atoms with Gasteiger partial charge in [-0.25, -0.2) is 4.98 Å². The number of carbonyl (C=O) groups is 1. The van der Waals surface area contributed by atoms with Crippen LogP contribution in [0.5, 0.6) is 0 Å². The number of amides is 1. The molecular weight excluding hydrogens is 332 g/mol. The number of hydrogen-bond acceptors (Lipinski definition) is 4. The smallest absolute Gasteiger partial charge is 0.254 e. The van der Waals surface area contributed by atoms with Gasteiger partial charge in [0.15, 0.2) is 0 Å². The standard InChI is InChI=1S/C17H19ClN2O2S/c1-22-11-5-10-19-16(21)14-7-4-9-20-17(14)23-12-13-6-2-3-8-15(13)18/h2-4,6-9H,5,10-12H2,1H3,(H,19,21). The highest BCUT2D eigenvalue weighted by Crippen LogP contribution is 2.27. The van der Waals surface area contributed by atoms with Crippen molar-refractivity contribution in [3.8, 4) is 0 Å². The van der Waals surface area contributed by atoms with E-state index in [-0.39, 0.29) is 5.91 Å². The molecule has 0 saturated heterocycles. The molecule has 0 saturated carbocycles. The lowest BCUT2D eigenvalue weighted by Crippen LogP contribution is -2.25. The summed E-state index contributed by atoms with van der Waals surface area (Å²) in [4.78, 5) is 16.6. The van der Waals surface area contributed by atoms with Crippen molar-refractivity contribution >= 4 is 29.3 Å². The second kappa shape index (κ2) is 9.55. The Balaban J connectivity index is 2.00. The van der Waals surface area contributed by atoms with Gasteiger partial charge in [-0.2, -0.15) is 0 Å². The molecule has 1 amide bonds. The normalized spacial score (nSPS) is 10.5. The molecule has 0 radical (unpaired) electrons. The Bertz CT molecular complexity index is 652. The van der Waals surface area contributed by atoms with E-state index in [1.54, 1.807) is 25.4 Å². The number of aromatic nitrogens is 1. The molecule has 0 aliphatic rings. The summed E-state index contributed by atoms with van der Waals surface area (Å²) in [6.45, 7) is 1.21. The molecule has 0 atom stereocenters. The molecule has 0 aliphatic carbocycles. The molecule has 122 valence electrons. The maximum atomic E-state index is 12.3. The molecule has 0 spiro atoms. The summed E-state index contributed by atoms with van der Waals surface area (Å²) in [5.74, 6) is 0.552. The van der Waals surface area contributed by atoms with Crippen LogP contribution in [0.1, 0.15) is 22.3 Å². The molecule has 0 aliphatic heterocycles. The molecule has 0 bridgehead atoms. The quantitative estimate of drug-likeness (QED) is 0.581. The number of pyridine rings is 1. The van der Waals surface area contributed by atoms with Crippen LogP contribution in [0, 0.1) is 0 Å². The van der Waals surface area contributed by atoms with E-state index < -0.39 is 0 Å². The van der Waals surface area contributed by atoms with Crippen molar-refractivity contribution in [2.75, 3.05) is 20.3 Å². The lowest BCUT2D eigenvalue weighted by Gasteiger charge is -2.09. The zero-order valence-corrected chi connectivity index (χ0v) is 14.5. The van der Waals surface area contributed by atoms with Gasteiger partial charge in [-0.05, 0) is 30.2 Å². The maximum Gasteiger partial charge on any atom is 0.254 e. The minimum Gasteiger partial charge on any atom is -0.385 e. The van der Waals surface area contributed by atoms with E-state index in [4.69, 9.17) is 16.3 Å². The third-order valence-corrected chi connectivity index (χ3v) is 4.57. The molecule has 1 heterocycles. The van der Waals surface area contributed by atoms with Crippen LogP contribution >= 0.6 is 23.4 Å². The zero-order valence-electron chi connectivity index (χ0n) is 12.9. The van der Waals surface area contributed by atoms with E-state index in [0.29, 0.717) is 29.5 Å². The van der Waals surface area contributed by atoms with Crippen LogP contribution in [-0.2, 0) is 10.5 Å². The molecule has 2 aromatic rings. The number of rotatable bonds is 8. The second-order valence-electron chi connectivity index (χ2n) is 4.84. The molecule has 4 nitrogen and oxygen atoms in total. The predicted octanol–water partition coefficient (Wildman–Crippen LogP) is 3.79. The van der Waals surface area contributed by atoms with Gasteiger partial charge < -0.3 is 10.1 Å². The number of nitrogens with zero attached hydrogens (tertiary/aromatic N) is 1. The Morgan fingerprint density at radius 2 is 2.13 bits per heavy atom. The first-order valence-corrected chi connectivity index (χ1v) is 8.67. The fourth-order valence-corrected chi connectivity index (χ4v) is 3.23. The van der Waals surface area contributed by atoms with E-state index in [9.17, 15) is 4.79 Å². The van der Waals surface area contributed by atoms with E-state index in [1.807, 2.05) is 24.3 Å². The largest absolute Gasteiger partial charge is 0.385 e. The van der Waals surface area contributed by atoms with Gasteiger partial charge in [0.05, 0.1) is 5.56 Å². The van der Waals surface area contributed by atoms with Crippen molar-refractivity contribution < 1.29 is 9.53 Å². The molecular formula is C17H19ClN2O2S. The van der Waals surface area contributed by atoms with Crippen molar-refractivity contribution in [2.24, 2.45) is 0 Å². The first kappa shape index (κ1) is 17.8. The summed E-state index contributed by atoms with van der Waals surface area (Å²) < 4.78 is 4.97. The monoisotopic (exact) mass is 350 g/mol. The number of methoxy groups -OCH3 is 1. The van der Waals surface area contributed by atoms with Crippen LogP contribution in [0.25, 0.3) is 0 Å². The summed E-state index contributed by atoms with van der Waals surface area (Å²) in [5.41, 5.74) is 1.61. The number of hydrogen-bond donors (Lipinski definition) is 1. The van der Waals surface area contributed by atoms with Crippen molar-refractivity contribution in [1.29, 1.82) is 0 Å². The fourth-order valence-electron chi connectivity index (χ4n) is 1.95. The average Bonchev–Trinajstić information content (AvgIpc) is 2.58. The third kappa shape index (κ3) is 5.53. The molecule has 1 N–H and O–H groups in total. The van der Waals surface area contributed by atoms with Crippen molar-refractivity contribution in [3.05, 3.63) is 58.7 Å². The van der Waals surface area contributed by atoms with Crippen LogP contribution in [-0.4, -0.2) is 31.2 Å². The van der Waals surface area contributed by atoms with Crippen LogP contribution < -0.4 is 5.32 Å². The Labute approximate surface area is 145 Å². The molecule has 23 heavy (non-hydrogen) atoms. The number of halogens is 1. The van der Waals surface area contributed by atoms with Gasteiger partial charge in [-0.15, -0.1) is 11.8 Å². The second-order valence-corrected chi connectivity index (χ2v) is 6.21. The Kier molecular flexibility index (Phi) is 7.39. The lowest BCUT2D eigenvalue weighted by atomic mass is 10.2. The molecule has 1 aromatic carbocycles. The van der Waals surface area contributed by atoms with Crippen LogP contribution in [0.3, 0.4) is 0 Å². The number of nitrogens with one attached hydrogen (secondary N) is 1. The average molecular weight is 351 g/mol. The lowest BCUT2D eigenvalue weighted by molar-refractivity contribution is 0.0945. The van der Waals surface area contributed by atoms with Gasteiger partial charge >= 0.3 is 0 Å². The summed E-state index contributed by atoms with van der Waals surface area (Å²) in [5, 5.41) is 4.31. The number of benzene rings is 1. The van der Waals surface area contributed by atoms with Gasteiger partial charge in [0.2, 0.25) is 0 Å². The topological polar surface area (TPSA) is 51.2 Å². The van der Waals surface area contributed by atoms with Crippen LogP contribution in [0.4, 0.5) is 0 Å². The van der Waals surface area contributed by atoms with Crippen molar-refractivity contribution in [1.82, 2.24) is 10.3 Å². The van der Waals surface area contributed by atoms with Gasteiger partial charge in [0.25, 0.3) is 5.91 Å². The van der Waals surface area contributed by atoms with E-state index in [0.717, 1.165) is 17.0 Å². The Morgan fingerprint density at radius 1 is 1.30 bits per heavy atom. The van der Waals surface area contributed by atoms with E-state index in [2.05, 4.69) is 10.3 Å². The highest BCUT2D eigenvalue weighted by Gasteiger charge is 2.12. The number of thioether (sulfide) groups is 1. The highest BCUT2D eigenvalue weighted by atomic mass is 35.5. The van der Waals surface area contributed by atoms with Gasteiger partial charge in [-0.1, -0.05) is 29.8 Å². The molecule has 1 aromatic heterocycles. The van der Waals surface area contributed by atoms with Crippen molar-refractivity contribution in [3.63, 3.8) is 0 Å². The molecule has 0 fully saturated rings.